The van der Waals surface area contributed by atoms with Crippen LogP contribution in [0.2, 0.25) is 0 Å². The largest absolute Gasteiger partial charge is 0.211 e. The van der Waals surface area contributed by atoms with Crippen molar-refractivity contribution in [2.45, 2.75) is 66.7 Å². The molecule has 1 heteroatoms. The molecule has 0 aliphatic rings. The molecule has 0 aromatic carbocycles. The number of rotatable bonds is 10. The third-order valence-corrected chi connectivity index (χ3v) is 4.37. The van der Waals surface area contributed by atoms with Crippen LogP contribution in [0.5, 0.6) is 0 Å². The van der Waals surface area contributed by atoms with E-state index in [9.17, 15) is 4.39 Å². The number of hydrogen-bond acceptors (Lipinski definition) is 0. The van der Waals surface area contributed by atoms with Crippen LogP contribution in [0.3, 0.4) is 0 Å². The Hall–Kier alpha value is -0.850. The molecule has 0 heterocycles. The summed E-state index contributed by atoms with van der Waals surface area (Å²) in [4.78, 5) is 0. The molecule has 0 fully saturated rings. The Balaban J connectivity index is 4.70. The Morgan fingerprint density at radius 3 is 2.30 bits per heavy atom. The van der Waals surface area contributed by atoms with E-state index in [1.807, 2.05) is 26.8 Å². The molecule has 0 aliphatic carbocycles. The average Bonchev–Trinajstić information content (AvgIpc) is 2.43. The highest BCUT2D eigenvalue weighted by molar-refractivity contribution is 5.30. The zero-order chi connectivity index (χ0) is 15.7. The molecule has 116 valence electrons. The molecule has 0 amide bonds. The van der Waals surface area contributed by atoms with Crippen molar-refractivity contribution in [3.63, 3.8) is 0 Å². The van der Waals surface area contributed by atoms with Crippen LogP contribution in [-0.2, 0) is 0 Å². The van der Waals surface area contributed by atoms with Gasteiger partial charge in [-0.25, -0.2) is 4.39 Å². The van der Waals surface area contributed by atoms with E-state index in [1.54, 1.807) is 0 Å². The molecule has 20 heavy (non-hydrogen) atoms. The van der Waals surface area contributed by atoms with Crippen LogP contribution in [0.15, 0.2) is 36.2 Å². The standard InChI is InChI=1S/C19H33F/c1-8-10-11-12-18(14(3)4)13-16(6)17(7)19(20)15(5)9-2/h8,14-15,18H,1,6,9-13H2,2-5,7H3/b19-17+. The Morgan fingerprint density at radius 2 is 1.85 bits per heavy atom. The van der Waals surface area contributed by atoms with Gasteiger partial charge in [0.25, 0.3) is 0 Å². The van der Waals surface area contributed by atoms with Gasteiger partial charge in [0.15, 0.2) is 0 Å². The fourth-order valence-electron chi connectivity index (χ4n) is 2.38. The summed E-state index contributed by atoms with van der Waals surface area (Å²) in [6, 6.07) is 0. The zero-order valence-corrected chi connectivity index (χ0v) is 14.1. The molecule has 0 aromatic heterocycles. The highest BCUT2D eigenvalue weighted by Gasteiger charge is 2.17. The van der Waals surface area contributed by atoms with Gasteiger partial charge in [0.05, 0.1) is 0 Å². The van der Waals surface area contributed by atoms with E-state index in [0.717, 1.165) is 36.8 Å². The highest BCUT2D eigenvalue weighted by Crippen LogP contribution is 2.31. The Bertz CT molecular complexity index is 336. The van der Waals surface area contributed by atoms with Gasteiger partial charge in [-0.3, -0.25) is 0 Å². The summed E-state index contributed by atoms with van der Waals surface area (Å²) in [5.74, 6) is 1.22. The number of unbranched alkanes of at least 4 members (excludes halogenated alkanes) is 1. The Kier molecular flexibility index (Phi) is 9.54. The van der Waals surface area contributed by atoms with E-state index in [4.69, 9.17) is 0 Å². The first-order valence-corrected chi connectivity index (χ1v) is 8.00. The molecule has 0 aromatic rings. The summed E-state index contributed by atoms with van der Waals surface area (Å²) in [6.45, 7) is 18.2. The second-order valence-electron chi connectivity index (χ2n) is 6.31. The van der Waals surface area contributed by atoms with E-state index < -0.39 is 0 Å². The first kappa shape index (κ1) is 19.1. The molecule has 0 saturated carbocycles. The van der Waals surface area contributed by atoms with Crippen LogP contribution in [-0.4, -0.2) is 0 Å². The molecule has 0 nitrogen and oxygen atoms in total. The van der Waals surface area contributed by atoms with E-state index in [1.165, 1.54) is 6.42 Å². The molecule has 2 atom stereocenters. The molecule has 0 N–H and O–H groups in total. The van der Waals surface area contributed by atoms with Crippen LogP contribution in [0.1, 0.15) is 66.7 Å². The van der Waals surface area contributed by atoms with Crippen molar-refractivity contribution in [2.75, 3.05) is 0 Å². The molecule has 0 bridgehead atoms. The van der Waals surface area contributed by atoms with Crippen LogP contribution < -0.4 is 0 Å². The minimum absolute atomic E-state index is 0.00464. The fourth-order valence-corrected chi connectivity index (χ4v) is 2.38. The quantitative estimate of drug-likeness (QED) is 0.233. The predicted molar refractivity (Wildman–Crippen MR) is 89.4 cm³/mol. The predicted octanol–water partition coefficient (Wildman–Crippen LogP) is 6.85. The van der Waals surface area contributed by atoms with Crippen LogP contribution >= 0.6 is 0 Å². The molecule has 0 rings (SSSR count). The van der Waals surface area contributed by atoms with Crippen molar-refractivity contribution < 1.29 is 4.39 Å². The van der Waals surface area contributed by atoms with E-state index in [0.29, 0.717) is 11.8 Å². The van der Waals surface area contributed by atoms with Gasteiger partial charge >= 0.3 is 0 Å². The first-order valence-electron chi connectivity index (χ1n) is 8.00. The van der Waals surface area contributed by atoms with Crippen molar-refractivity contribution in [3.05, 3.63) is 36.2 Å². The lowest BCUT2D eigenvalue weighted by Crippen LogP contribution is -2.11. The number of halogens is 1. The van der Waals surface area contributed by atoms with E-state index in [-0.39, 0.29) is 11.7 Å². The van der Waals surface area contributed by atoms with Crippen molar-refractivity contribution in [1.29, 1.82) is 0 Å². The molecule has 0 saturated heterocycles. The topological polar surface area (TPSA) is 0 Å². The molecule has 0 radical (unpaired) electrons. The van der Waals surface area contributed by atoms with Crippen LogP contribution in [0.4, 0.5) is 4.39 Å². The average molecular weight is 280 g/mol. The Morgan fingerprint density at radius 1 is 1.25 bits per heavy atom. The van der Waals surface area contributed by atoms with Crippen molar-refractivity contribution >= 4 is 0 Å². The van der Waals surface area contributed by atoms with Gasteiger partial charge in [-0.2, -0.15) is 0 Å². The SMILES string of the molecule is C=CCCCC(CC(=C)/C(C)=C(/F)C(C)CC)C(C)C. The summed E-state index contributed by atoms with van der Waals surface area (Å²) in [7, 11) is 0. The third-order valence-electron chi connectivity index (χ3n) is 4.37. The van der Waals surface area contributed by atoms with Gasteiger partial charge in [0, 0.05) is 5.92 Å². The van der Waals surface area contributed by atoms with E-state index in [2.05, 4.69) is 27.0 Å². The lowest BCUT2D eigenvalue weighted by molar-refractivity contribution is 0.349. The molecule has 2 unspecified atom stereocenters. The second-order valence-corrected chi connectivity index (χ2v) is 6.31. The van der Waals surface area contributed by atoms with Gasteiger partial charge in [-0.15, -0.1) is 6.58 Å². The molecular weight excluding hydrogens is 247 g/mol. The first-order chi connectivity index (χ1) is 9.34. The van der Waals surface area contributed by atoms with E-state index >= 15 is 0 Å². The Labute approximate surface area is 125 Å². The highest BCUT2D eigenvalue weighted by atomic mass is 19.1. The van der Waals surface area contributed by atoms with Crippen LogP contribution in [0, 0.1) is 17.8 Å². The maximum atomic E-state index is 14.2. The number of hydrogen-bond donors (Lipinski definition) is 0. The maximum Gasteiger partial charge on any atom is 0.106 e. The van der Waals surface area contributed by atoms with Gasteiger partial charge in [0.1, 0.15) is 5.83 Å². The molecular formula is C19H33F. The normalized spacial score (nSPS) is 15.8. The summed E-state index contributed by atoms with van der Waals surface area (Å²) in [6.07, 6.45) is 7.11. The summed E-state index contributed by atoms with van der Waals surface area (Å²) >= 11 is 0. The van der Waals surface area contributed by atoms with Gasteiger partial charge in [-0.1, -0.05) is 40.3 Å². The summed E-state index contributed by atoms with van der Waals surface area (Å²) in [5.41, 5.74) is 1.74. The van der Waals surface area contributed by atoms with Crippen molar-refractivity contribution in [3.8, 4) is 0 Å². The lowest BCUT2D eigenvalue weighted by atomic mass is 9.83. The van der Waals surface area contributed by atoms with Crippen LogP contribution in [0.25, 0.3) is 0 Å². The van der Waals surface area contributed by atoms with Gasteiger partial charge < -0.3 is 0 Å². The summed E-state index contributed by atoms with van der Waals surface area (Å²) in [5, 5.41) is 0. The van der Waals surface area contributed by atoms with Gasteiger partial charge in [-0.05, 0) is 62.0 Å². The second kappa shape index (κ2) is 9.96. The number of allylic oxidation sites excluding steroid dienone is 4. The van der Waals surface area contributed by atoms with Crippen molar-refractivity contribution in [1.82, 2.24) is 0 Å². The third kappa shape index (κ3) is 6.54. The monoisotopic (exact) mass is 280 g/mol. The maximum absolute atomic E-state index is 14.2. The van der Waals surface area contributed by atoms with Gasteiger partial charge in [0.2, 0.25) is 0 Å². The minimum atomic E-state index is 0.00464. The smallest absolute Gasteiger partial charge is 0.106 e. The lowest BCUT2D eigenvalue weighted by Gasteiger charge is -2.23. The zero-order valence-electron chi connectivity index (χ0n) is 14.1. The fraction of sp³-hybridized carbons (Fsp3) is 0.684. The minimum Gasteiger partial charge on any atom is -0.211 e. The molecule has 0 spiro atoms. The van der Waals surface area contributed by atoms with Crippen molar-refractivity contribution in [2.24, 2.45) is 17.8 Å². The summed E-state index contributed by atoms with van der Waals surface area (Å²) < 4.78 is 14.2. The molecule has 0 aliphatic heterocycles.